The zero-order chi connectivity index (χ0) is 43.2. The van der Waals surface area contributed by atoms with Crippen LogP contribution in [0.4, 0.5) is 0 Å². The highest BCUT2D eigenvalue weighted by molar-refractivity contribution is 5.57. The van der Waals surface area contributed by atoms with Gasteiger partial charge in [-0.3, -0.25) is 0 Å². The van der Waals surface area contributed by atoms with E-state index in [1.807, 2.05) is 0 Å². The maximum atomic E-state index is 12.3. The van der Waals surface area contributed by atoms with Crippen molar-refractivity contribution < 1.29 is 19.3 Å². The molecule has 3 aromatic rings. The van der Waals surface area contributed by atoms with E-state index in [9.17, 15) is 5.11 Å². The lowest BCUT2D eigenvalue weighted by Gasteiger charge is -2.28. The van der Waals surface area contributed by atoms with E-state index in [0.717, 1.165) is 65.2 Å². The van der Waals surface area contributed by atoms with E-state index in [4.69, 9.17) is 14.2 Å². The Hall–Kier alpha value is -3.66. The lowest BCUT2D eigenvalue weighted by Crippen LogP contribution is -2.17. The van der Waals surface area contributed by atoms with E-state index in [0.29, 0.717) is 57.7 Å². The molecule has 4 rings (SSSR count). The van der Waals surface area contributed by atoms with Crippen LogP contribution < -0.4 is 9.47 Å². The van der Waals surface area contributed by atoms with Crippen LogP contribution in [0.25, 0.3) is 0 Å². The third-order valence-electron chi connectivity index (χ3n) is 11.5. The molecule has 1 aliphatic carbocycles. The van der Waals surface area contributed by atoms with Crippen LogP contribution in [0.1, 0.15) is 193 Å². The Kier molecular flexibility index (Phi) is 15.5. The van der Waals surface area contributed by atoms with Crippen molar-refractivity contribution in [1.82, 2.24) is 0 Å². The van der Waals surface area contributed by atoms with Crippen molar-refractivity contribution in [2.45, 2.75) is 185 Å². The van der Waals surface area contributed by atoms with Gasteiger partial charge in [0.2, 0.25) is 0 Å². The number of ether oxygens (including phenoxy) is 3. The van der Waals surface area contributed by atoms with Crippen molar-refractivity contribution >= 4 is 0 Å². The van der Waals surface area contributed by atoms with Crippen LogP contribution in [-0.4, -0.2) is 24.9 Å². The number of hydrogen-bond acceptors (Lipinski definition) is 4. The van der Waals surface area contributed by atoms with Gasteiger partial charge in [0.1, 0.15) is 17.2 Å². The largest absolute Gasteiger partial charge is 0.507 e. The van der Waals surface area contributed by atoms with Crippen molar-refractivity contribution in [3.05, 3.63) is 109 Å². The molecule has 1 N–H and O–H groups in total. The summed E-state index contributed by atoms with van der Waals surface area (Å²) in [6.07, 6.45) is 9.39. The molecule has 0 aromatic heterocycles. The summed E-state index contributed by atoms with van der Waals surface area (Å²) in [4.78, 5) is 0. The Morgan fingerprint density at radius 1 is 0.517 bits per heavy atom. The Morgan fingerprint density at radius 3 is 1.29 bits per heavy atom. The summed E-state index contributed by atoms with van der Waals surface area (Å²) in [7, 11) is 0. The number of benzene rings is 3. The van der Waals surface area contributed by atoms with E-state index in [-0.39, 0.29) is 21.7 Å². The van der Waals surface area contributed by atoms with Crippen LogP contribution in [0.3, 0.4) is 0 Å². The lowest BCUT2D eigenvalue weighted by atomic mass is 9.79. The fourth-order valence-corrected chi connectivity index (χ4v) is 7.90. The molecule has 4 heteroatoms. The molecule has 0 spiro atoms. The van der Waals surface area contributed by atoms with E-state index >= 15 is 0 Å². The summed E-state index contributed by atoms with van der Waals surface area (Å²) >= 11 is 0. The summed E-state index contributed by atoms with van der Waals surface area (Å²) in [5.41, 5.74) is 12.7. The average Bonchev–Trinajstić information content (AvgIpc) is 3.11. The quantitative estimate of drug-likeness (QED) is 0.210. The van der Waals surface area contributed by atoms with E-state index in [1.54, 1.807) is 0 Å². The molecular formula is C54H80O4. The van der Waals surface area contributed by atoms with Gasteiger partial charge in [0.05, 0.1) is 25.6 Å². The molecule has 0 radical (unpaired) electrons. The predicted molar refractivity (Wildman–Crippen MR) is 247 cm³/mol. The molecule has 3 aromatic carbocycles. The van der Waals surface area contributed by atoms with Gasteiger partial charge in [0, 0.05) is 25.7 Å². The molecule has 0 amide bonds. The number of allylic oxidation sites excluding steroid dienone is 4. The summed E-state index contributed by atoms with van der Waals surface area (Å²) < 4.78 is 20.6. The van der Waals surface area contributed by atoms with Gasteiger partial charge in [-0.2, -0.15) is 0 Å². The highest BCUT2D eigenvalue weighted by Gasteiger charge is 2.28. The number of fused-ring (bicyclic) bond motifs is 6. The summed E-state index contributed by atoms with van der Waals surface area (Å²) in [6.45, 7) is 38.3. The topological polar surface area (TPSA) is 47.9 Å². The minimum Gasteiger partial charge on any atom is -0.507 e. The van der Waals surface area contributed by atoms with Crippen molar-refractivity contribution in [2.24, 2.45) is 5.41 Å². The van der Waals surface area contributed by atoms with Gasteiger partial charge in [-0.25, -0.2) is 0 Å². The maximum absolute atomic E-state index is 12.3. The standard InChI is InChI=1S/C54H80O4/c1-17-23-56-47-22-21-36-29-44(52(8,9)10)31-38(48(36)55)27-40-33-46(54(14,15)16)35-42(50(40)58-25-19-3)28-41-34-45(53(11,12)13)32-39(49(41)57-24-18-2)26-37(47)30-43(20-4)51(5,6)7/h29-35,55H,17-28H2,1-16H3/b43-30+,47-37+. The second-order valence-corrected chi connectivity index (χ2v) is 20.9. The van der Waals surface area contributed by atoms with Crippen molar-refractivity contribution in [3.63, 3.8) is 0 Å². The SMILES string of the molecule is CCCO/C1=C(/C=C(\CC)C(C)(C)C)Cc2cc(C(C)(C)C)cc(c2OCCC)Cc2cc(C(C)(C)C)cc(c2OCCC)Cc2cc(C(C)(C)C)cc(c2O)CC1. The van der Waals surface area contributed by atoms with Gasteiger partial charge in [-0.1, -0.05) is 159 Å². The second kappa shape index (κ2) is 19.2. The molecule has 0 fully saturated rings. The van der Waals surface area contributed by atoms with Crippen LogP contribution in [0.5, 0.6) is 17.2 Å². The second-order valence-electron chi connectivity index (χ2n) is 20.9. The van der Waals surface area contributed by atoms with Crippen LogP contribution in [0, 0.1) is 5.41 Å². The van der Waals surface area contributed by atoms with Crippen LogP contribution >= 0.6 is 0 Å². The number of rotatable bonds is 11. The maximum Gasteiger partial charge on any atom is 0.126 e. The van der Waals surface area contributed by atoms with Gasteiger partial charge in [0.25, 0.3) is 0 Å². The first-order chi connectivity index (χ1) is 27.0. The number of phenols is 1. The van der Waals surface area contributed by atoms with Gasteiger partial charge < -0.3 is 19.3 Å². The van der Waals surface area contributed by atoms with E-state index in [1.165, 1.54) is 39.0 Å². The molecule has 0 saturated carbocycles. The summed E-state index contributed by atoms with van der Waals surface area (Å²) in [5, 5.41) is 12.3. The average molecular weight is 793 g/mol. The predicted octanol–water partition coefficient (Wildman–Crippen LogP) is 14.6. The number of phenolic OH excluding ortho intramolecular Hbond substituents is 1. The molecule has 0 unspecified atom stereocenters. The molecule has 1 aliphatic rings. The highest BCUT2D eigenvalue weighted by Crippen LogP contribution is 2.42. The molecule has 4 nitrogen and oxygen atoms in total. The third kappa shape index (κ3) is 12.0. The zero-order valence-corrected chi connectivity index (χ0v) is 39.7. The van der Waals surface area contributed by atoms with E-state index in [2.05, 4.69) is 153 Å². The molecule has 0 atom stereocenters. The third-order valence-corrected chi connectivity index (χ3v) is 11.5. The summed E-state index contributed by atoms with van der Waals surface area (Å²) in [6, 6.07) is 14.0. The highest BCUT2D eigenvalue weighted by atomic mass is 16.5. The Labute approximate surface area is 354 Å². The first kappa shape index (κ1) is 47.0. The van der Waals surface area contributed by atoms with Crippen LogP contribution in [-0.2, 0) is 46.7 Å². The smallest absolute Gasteiger partial charge is 0.126 e. The summed E-state index contributed by atoms with van der Waals surface area (Å²) in [5.74, 6) is 3.31. The van der Waals surface area contributed by atoms with Crippen LogP contribution in [0.15, 0.2) is 59.4 Å². The molecule has 0 saturated heterocycles. The van der Waals surface area contributed by atoms with Gasteiger partial charge in [-0.05, 0) is 109 Å². The van der Waals surface area contributed by atoms with Crippen molar-refractivity contribution in [1.29, 1.82) is 0 Å². The normalized spacial score (nSPS) is 16.0. The first-order valence-electron chi connectivity index (χ1n) is 22.5. The van der Waals surface area contributed by atoms with Gasteiger partial charge in [0.15, 0.2) is 0 Å². The monoisotopic (exact) mass is 793 g/mol. The first-order valence-corrected chi connectivity index (χ1v) is 22.5. The fraction of sp³-hybridized carbons (Fsp3) is 0.593. The molecule has 58 heavy (non-hydrogen) atoms. The molecule has 0 heterocycles. The number of hydrogen-bond donors (Lipinski definition) is 1. The molecule has 6 bridgehead atoms. The van der Waals surface area contributed by atoms with Gasteiger partial charge in [-0.15, -0.1) is 0 Å². The Bertz CT molecular complexity index is 1930. The molecular weight excluding hydrogens is 713 g/mol. The van der Waals surface area contributed by atoms with Crippen molar-refractivity contribution in [2.75, 3.05) is 19.8 Å². The number of aromatic hydroxyl groups is 1. The minimum absolute atomic E-state index is 0.00823. The van der Waals surface area contributed by atoms with Crippen LogP contribution in [0.2, 0.25) is 0 Å². The minimum atomic E-state index is -0.103. The zero-order valence-electron chi connectivity index (χ0n) is 39.7. The van der Waals surface area contributed by atoms with Gasteiger partial charge >= 0.3 is 0 Å². The van der Waals surface area contributed by atoms with E-state index < -0.39 is 0 Å². The van der Waals surface area contributed by atoms with Crippen molar-refractivity contribution in [3.8, 4) is 17.2 Å². The lowest BCUT2D eigenvalue weighted by molar-refractivity contribution is 0.199. The number of aryl methyl sites for hydroxylation is 1. The molecule has 0 aliphatic heterocycles. The fourth-order valence-electron chi connectivity index (χ4n) is 7.90. The molecule has 320 valence electrons. The Morgan fingerprint density at radius 2 is 0.897 bits per heavy atom. The Balaban J connectivity index is 2.25.